The van der Waals surface area contributed by atoms with Crippen LogP contribution in [0.4, 0.5) is 5.69 Å². The number of rotatable bonds is 2. The molecule has 3 rings (SSSR count). The van der Waals surface area contributed by atoms with E-state index in [9.17, 15) is 10.1 Å². The molecule has 0 aliphatic heterocycles. The van der Waals surface area contributed by atoms with Crippen molar-refractivity contribution in [3.05, 3.63) is 58.8 Å². The van der Waals surface area contributed by atoms with Gasteiger partial charge < -0.3 is 4.57 Å². The van der Waals surface area contributed by atoms with E-state index in [2.05, 4.69) is 9.97 Å². The fraction of sp³-hybridized carbons (Fsp3) is 0.0769. The number of nitrogens with zero attached hydrogens (tertiary/aromatic N) is 4. The molecule has 0 spiro atoms. The highest BCUT2D eigenvalue weighted by Gasteiger charge is 2.16. The number of nitro benzene ring substituents is 1. The third-order valence-corrected chi connectivity index (χ3v) is 2.93. The van der Waals surface area contributed by atoms with Gasteiger partial charge in [0, 0.05) is 29.5 Å². The maximum Gasteiger partial charge on any atom is 0.295 e. The quantitative estimate of drug-likeness (QED) is 0.520. The summed E-state index contributed by atoms with van der Waals surface area (Å²) < 4.78 is 1.81. The average Bonchev–Trinajstić information content (AvgIpc) is 2.90. The Kier molecular flexibility index (Phi) is 2.49. The van der Waals surface area contributed by atoms with E-state index in [1.165, 1.54) is 6.07 Å². The lowest BCUT2D eigenvalue weighted by atomic mass is 10.1. The first-order valence-corrected chi connectivity index (χ1v) is 5.70. The first kappa shape index (κ1) is 11.3. The number of aromatic nitrogens is 3. The zero-order chi connectivity index (χ0) is 13.4. The number of hydrogen-bond donors (Lipinski definition) is 0. The van der Waals surface area contributed by atoms with Gasteiger partial charge in [-0.15, -0.1) is 0 Å². The van der Waals surface area contributed by atoms with Gasteiger partial charge in [-0.05, 0) is 25.1 Å². The van der Waals surface area contributed by atoms with E-state index in [1.54, 1.807) is 24.8 Å². The Morgan fingerprint density at radius 1 is 1.26 bits per heavy atom. The summed E-state index contributed by atoms with van der Waals surface area (Å²) in [5.41, 5.74) is 1.99. The van der Waals surface area contributed by atoms with Crippen molar-refractivity contribution in [2.24, 2.45) is 0 Å². The second-order valence-corrected chi connectivity index (χ2v) is 4.18. The van der Waals surface area contributed by atoms with Crippen LogP contribution in [0, 0.1) is 17.0 Å². The summed E-state index contributed by atoms with van der Waals surface area (Å²) in [4.78, 5) is 18.9. The molecule has 0 fully saturated rings. The Hall–Kier alpha value is -2.76. The van der Waals surface area contributed by atoms with Crippen LogP contribution < -0.4 is 0 Å². The molecule has 1 aromatic carbocycles. The minimum atomic E-state index is -0.410. The van der Waals surface area contributed by atoms with Gasteiger partial charge >= 0.3 is 0 Å². The van der Waals surface area contributed by atoms with E-state index in [0.29, 0.717) is 5.52 Å². The summed E-state index contributed by atoms with van der Waals surface area (Å²) in [5.74, 6) is 0. The standard InChI is InChI=1S/C13H10N4O2/c1-9-2-3-10-11(16-7-6-14-8-16)4-5-12(17(18)19)13(10)15-9/h2-8H,1H3. The molecule has 0 atom stereocenters. The van der Waals surface area contributed by atoms with Gasteiger partial charge in [0.25, 0.3) is 5.69 Å². The Morgan fingerprint density at radius 2 is 2.11 bits per heavy atom. The second kappa shape index (κ2) is 4.16. The van der Waals surface area contributed by atoms with Gasteiger partial charge in [-0.2, -0.15) is 0 Å². The Labute approximate surface area is 108 Å². The molecule has 0 aliphatic carbocycles. The average molecular weight is 254 g/mol. The lowest BCUT2D eigenvalue weighted by molar-refractivity contribution is -0.383. The maximum atomic E-state index is 11.1. The summed E-state index contributed by atoms with van der Waals surface area (Å²) in [6.45, 7) is 1.81. The van der Waals surface area contributed by atoms with Crippen LogP contribution in [0.3, 0.4) is 0 Å². The summed E-state index contributed by atoms with van der Waals surface area (Å²) in [6, 6.07) is 6.87. The highest BCUT2D eigenvalue weighted by atomic mass is 16.6. The number of benzene rings is 1. The van der Waals surface area contributed by atoms with E-state index in [0.717, 1.165) is 16.8 Å². The second-order valence-electron chi connectivity index (χ2n) is 4.18. The van der Waals surface area contributed by atoms with Crippen molar-refractivity contribution in [1.82, 2.24) is 14.5 Å². The molecule has 6 heteroatoms. The van der Waals surface area contributed by atoms with E-state index < -0.39 is 4.92 Å². The van der Waals surface area contributed by atoms with Crippen molar-refractivity contribution in [3.8, 4) is 5.69 Å². The van der Waals surface area contributed by atoms with Crippen LogP contribution in [0.2, 0.25) is 0 Å². The van der Waals surface area contributed by atoms with Gasteiger partial charge in [0.05, 0.1) is 16.9 Å². The van der Waals surface area contributed by atoms with Gasteiger partial charge in [-0.1, -0.05) is 0 Å². The largest absolute Gasteiger partial charge is 0.306 e. The Bertz CT molecular complexity index is 766. The van der Waals surface area contributed by atoms with Crippen LogP contribution >= 0.6 is 0 Å². The first-order valence-electron chi connectivity index (χ1n) is 5.70. The minimum absolute atomic E-state index is 0.0163. The number of imidazole rings is 1. The molecule has 0 amide bonds. The first-order chi connectivity index (χ1) is 9.16. The molecular formula is C13H10N4O2. The molecule has 0 bridgehead atoms. The summed E-state index contributed by atoms with van der Waals surface area (Å²) in [5, 5.41) is 11.8. The highest BCUT2D eigenvalue weighted by Crippen LogP contribution is 2.29. The third kappa shape index (κ3) is 1.83. The lowest BCUT2D eigenvalue weighted by Gasteiger charge is -2.07. The van der Waals surface area contributed by atoms with E-state index in [-0.39, 0.29) is 5.69 Å². The topological polar surface area (TPSA) is 73.8 Å². The molecule has 94 valence electrons. The third-order valence-electron chi connectivity index (χ3n) is 2.93. The molecule has 0 saturated heterocycles. The van der Waals surface area contributed by atoms with E-state index in [1.807, 2.05) is 23.6 Å². The number of nitro groups is 1. The minimum Gasteiger partial charge on any atom is -0.306 e. The predicted octanol–water partition coefficient (Wildman–Crippen LogP) is 2.64. The monoisotopic (exact) mass is 254 g/mol. The van der Waals surface area contributed by atoms with Gasteiger partial charge in [0.15, 0.2) is 5.52 Å². The Balaban J connectivity index is 2.39. The lowest BCUT2D eigenvalue weighted by Crippen LogP contribution is -1.98. The van der Waals surface area contributed by atoms with Crippen LogP contribution in [0.15, 0.2) is 43.0 Å². The van der Waals surface area contributed by atoms with E-state index >= 15 is 0 Å². The van der Waals surface area contributed by atoms with Crippen LogP contribution in [0.1, 0.15) is 5.69 Å². The summed E-state index contributed by atoms with van der Waals surface area (Å²) in [6.07, 6.45) is 5.11. The molecule has 0 saturated carbocycles. The molecule has 2 aromatic heterocycles. The fourth-order valence-electron chi connectivity index (χ4n) is 2.06. The molecular weight excluding hydrogens is 244 g/mol. The fourth-order valence-corrected chi connectivity index (χ4v) is 2.06. The van der Waals surface area contributed by atoms with Crippen molar-refractivity contribution in [3.63, 3.8) is 0 Å². The molecule has 6 nitrogen and oxygen atoms in total. The SMILES string of the molecule is Cc1ccc2c(-n3ccnc3)ccc([N+](=O)[O-])c2n1. The van der Waals surface area contributed by atoms with Gasteiger partial charge in [-0.3, -0.25) is 10.1 Å². The number of fused-ring (bicyclic) bond motifs is 1. The van der Waals surface area contributed by atoms with Gasteiger partial charge in [-0.25, -0.2) is 9.97 Å². The van der Waals surface area contributed by atoms with Crippen molar-refractivity contribution in [2.75, 3.05) is 0 Å². The van der Waals surface area contributed by atoms with Crippen LogP contribution in [-0.2, 0) is 0 Å². The molecule has 0 radical (unpaired) electrons. The highest BCUT2D eigenvalue weighted by molar-refractivity contribution is 5.93. The van der Waals surface area contributed by atoms with Crippen LogP contribution in [0.5, 0.6) is 0 Å². The number of pyridine rings is 1. The molecule has 0 aliphatic rings. The molecule has 3 aromatic rings. The van der Waals surface area contributed by atoms with Crippen molar-refractivity contribution in [2.45, 2.75) is 6.92 Å². The zero-order valence-corrected chi connectivity index (χ0v) is 10.1. The normalized spacial score (nSPS) is 10.8. The number of hydrogen-bond acceptors (Lipinski definition) is 4. The molecule has 0 N–H and O–H groups in total. The van der Waals surface area contributed by atoms with Gasteiger partial charge in [0.1, 0.15) is 0 Å². The summed E-state index contributed by atoms with van der Waals surface area (Å²) in [7, 11) is 0. The van der Waals surface area contributed by atoms with E-state index in [4.69, 9.17) is 0 Å². The van der Waals surface area contributed by atoms with Crippen LogP contribution in [-0.4, -0.2) is 19.5 Å². The van der Waals surface area contributed by atoms with Crippen molar-refractivity contribution in [1.29, 1.82) is 0 Å². The molecule has 19 heavy (non-hydrogen) atoms. The van der Waals surface area contributed by atoms with Crippen molar-refractivity contribution >= 4 is 16.6 Å². The smallest absolute Gasteiger partial charge is 0.295 e. The molecule has 0 unspecified atom stereocenters. The Morgan fingerprint density at radius 3 is 2.79 bits per heavy atom. The molecule has 2 heterocycles. The van der Waals surface area contributed by atoms with Gasteiger partial charge in [0.2, 0.25) is 0 Å². The van der Waals surface area contributed by atoms with Crippen molar-refractivity contribution < 1.29 is 4.92 Å². The summed E-state index contributed by atoms with van der Waals surface area (Å²) >= 11 is 0. The van der Waals surface area contributed by atoms with Crippen LogP contribution in [0.25, 0.3) is 16.6 Å². The predicted molar refractivity (Wildman–Crippen MR) is 70.3 cm³/mol. The maximum absolute atomic E-state index is 11.1. The number of aryl methyl sites for hydroxylation is 1. The number of non-ortho nitro benzene ring substituents is 1. The zero-order valence-electron chi connectivity index (χ0n) is 10.1.